The highest BCUT2D eigenvalue weighted by atomic mass is 16.5. The van der Waals surface area contributed by atoms with Gasteiger partial charge in [-0.05, 0) is 100 Å². The van der Waals surface area contributed by atoms with Gasteiger partial charge in [-0.1, -0.05) is 18.2 Å². The number of benzene rings is 2. The van der Waals surface area contributed by atoms with Crippen molar-refractivity contribution in [3.8, 4) is 5.75 Å². The Hall–Kier alpha value is -4.01. The molecule has 8 heterocycles. The second-order valence-corrected chi connectivity index (χ2v) is 16.5. The van der Waals surface area contributed by atoms with Gasteiger partial charge in [0.25, 0.3) is 0 Å². The zero-order valence-electron chi connectivity index (χ0n) is 31.0. The average Bonchev–Trinajstić information content (AvgIpc) is 3.56. The lowest BCUT2D eigenvalue weighted by Crippen LogP contribution is -2.55. The summed E-state index contributed by atoms with van der Waals surface area (Å²) < 4.78 is 23.8. The topological polar surface area (TPSA) is 61.1 Å². The van der Waals surface area contributed by atoms with Gasteiger partial charge in [0.05, 0.1) is 49.9 Å². The standard InChI is InChI=1S/C43H50N4O4/c1-22(48)32-19-50-20-33-28(32)16-39-43-30(18-36(33)44(39)3)25-12-13-40(49-7)31(41(25)47(43)6)14-26-23(2)51-21-34-27(26)15-38-42-29(17-37(34)45(38)4)24-10-8-9-11-35(24)46(42)5/h8-13,19,27-28,33-34,36-39H,14-18,20-21H2,1-7H3. The molecular formula is C43H50N4O4. The number of fused-ring (bicyclic) bond motifs is 16. The number of para-hydroxylation sites is 1. The number of methoxy groups -OCH3 is 1. The molecule has 0 N–H and O–H groups in total. The molecule has 2 saturated heterocycles. The van der Waals surface area contributed by atoms with E-state index in [0.717, 1.165) is 55.8 Å². The molecule has 0 spiro atoms. The van der Waals surface area contributed by atoms with Crippen molar-refractivity contribution in [2.45, 2.75) is 70.1 Å². The molecule has 0 amide bonds. The van der Waals surface area contributed by atoms with Gasteiger partial charge < -0.3 is 23.3 Å². The number of ketones is 1. The number of ether oxygens (including phenoxy) is 3. The largest absolute Gasteiger partial charge is 0.500 e. The quantitative estimate of drug-likeness (QED) is 0.236. The van der Waals surface area contributed by atoms with Crippen molar-refractivity contribution in [1.82, 2.24) is 18.9 Å². The Morgan fingerprint density at radius 2 is 1.51 bits per heavy atom. The number of hydrogen-bond acceptors (Lipinski definition) is 6. The van der Waals surface area contributed by atoms with E-state index in [1.54, 1.807) is 18.7 Å². The maximum atomic E-state index is 12.7. The minimum atomic E-state index is 0.142. The van der Waals surface area contributed by atoms with Gasteiger partial charge >= 0.3 is 0 Å². The average molecular weight is 687 g/mol. The minimum absolute atomic E-state index is 0.142. The van der Waals surface area contributed by atoms with Crippen LogP contribution in [-0.4, -0.2) is 71.2 Å². The van der Waals surface area contributed by atoms with Crippen molar-refractivity contribution in [2.24, 2.45) is 37.8 Å². The van der Waals surface area contributed by atoms with Crippen LogP contribution in [0.4, 0.5) is 0 Å². The van der Waals surface area contributed by atoms with E-state index in [2.05, 4.69) is 90.4 Å². The third-order valence-corrected chi connectivity index (χ3v) is 14.6. The number of aryl methyl sites for hydroxylation is 2. The van der Waals surface area contributed by atoms with Crippen LogP contribution in [0, 0.1) is 23.7 Å². The molecule has 2 aromatic carbocycles. The number of hydrogen-bond donors (Lipinski definition) is 0. The maximum Gasteiger partial charge on any atom is 0.159 e. The van der Waals surface area contributed by atoms with Crippen LogP contribution < -0.4 is 4.74 Å². The van der Waals surface area contributed by atoms with Gasteiger partial charge in [0.2, 0.25) is 0 Å². The van der Waals surface area contributed by atoms with Crippen molar-refractivity contribution < 1.29 is 19.0 Å². The van der Waals surface area contributed by atoms with Gasteiger partial charge in [-0.3, -0.25) is 14.6 Å². The Balaban J connectivity index is 1.06. The summed E-state index contributed by atoms with van der Waals surface area (Å²) in [6.45, 7) is 5.35. The summed E-state index contributed by atoms with van der Waals surface area (Å²) in [5.74, 6) is 3.61. The fraction of sp³-hybridized carbons (Fsp3) is 0.512. The number of rotatable bonds is 4. The van der Waals surface area contributed by atoms with Crippen LogP contribution in [0.5, 0.6) is 5.75 Å². The van der Waals surface area contributed by atoms with Crippen LogP contribution in [-0.2, 0) is 47.6 Å². The van der Waals surface area contributed by atoms with Crippen molar-refractivity contribution in [1.29, 1.82) is 0 Å². The molecule has 2 aromatic heterocycles. The molecule has 4 bridgehead atoms. The third kappa shape index (κ3) is 4.23. The highest BCUT2D eigenvalue weighted by Crippen LogP contribution is 2.55. The van der Waals surface area contributed by atoms with E-state index >= 15 is 0 Å². The van der Waals surface area contributed by atoms with Crippen molar-refractivity contribution in [3.63, 3.8) is 0 Å². The molecule has 2 fully saturated rings. The first-order valence-electron chi connectivity index (χ1n) is 19.0. The molecule has 8 heteroatoms. The summed E-state index contributed by atoms with van der Waals surface area (Å²) in [6, 6.07) is 14.8. The predicted octanol–water partition coefficient (Wildman–Crippen LogP) is 6.80. The summed E-state index contributed by atoms with van der Waals surface area (Å²) in [5.41, 5.74) is 12.1. The molecule has 8 nitrogen and oxygen atoms in total. The molecule has 8 unspecified atom stereocenters. The van der Waals surface area contributed by atoms with E-state index in [-0.39, 0.29) is 17.7 Å². The fourth-order valence-corrected chi connectivity index (χ4v) is 12.1. The molecule has 0 aliphatic carbocycles. The van der Waals surface area contributed by atoms with Crippen LogP contribution in [0.25, 0.3) is 21.8 Å². The number of aromatic nitrogens is 2. The Morgan fingerprint density at radius 1 is 0.843 bits per heavy atom. The van der Waals surface area contributed by atoms with Crippen LogP contribution in [0.3, 0.4) is 0 Å². The fourth-order valence-electron chi connectivity index (χ4n) is 12.1. The second-order valence-electron chi connectivity index (χ2n) is 16.5. The van der Waals surface area contributed by atoms with Crippen LogP contribution >= 0.6 is 0 Å². The summed E-state index contributed by atoms with van der Waals surface area (Å²) >= 11 is 0. The van der Waals surface area contributed by atoms with Gasteiger partial charge in [0.15, 0.2) is 5.78 Å². The van der Waals surface area contributed by atoms with Gasteiger partial charge in [-0.2, -0.15) is 0 Å². The van der Waals surface area contributed by atoms with Crippen molar-refractivity contribution >= 4 is 27.6 Å². The predicted molar refractivity (Wildman–Crippen MR) is 199 cm³/mol. The SMILES string of the molecule is COc1ccc2c3c(n(C)c2c1CC1=C(C)OCC2C1CC1c4c(c5ccccc5n4C)CC2N1C)C1CC2C(C(C)=O)=COCC2C(C3)N1C. The molecule has 8 atom stereocenters. The van der Waals surface area contributed by atoms with Crippen LogP contribution in [0.15, 0.2) is 59.6 Å². The lowest BCUT2D eigenvalue weighted by molar-refractivity contribution is -0.116. The van der Waals surface area contributed by atoms with Gasteiger partial charge in [-0.15, -0.1) is 0 Å². The maximum absolute atomic E-state index is 12.7. The van der Waals surface area contributed by atoms with Gasteiger partial charge in [0.1, 0.15) is 5.75 Å². The molecule has 10 rings (SSSR count). The normalized spacial score (nSPS) is 31.3. The smallest absolute Gasteiger partial charge is 0.159 e. The summed E-state index contributed by atoms with van der Waals surface area (Å²) in [5, 5.41) is 2.76. The van der Waals surface area contributed by atoms with Crippen LogP contribution in [0.1, 0.15) is 66.9 Å². The van der Waals surface area contributed by atoms with E-state index in [9.17, 15) is 4.79 Å². The Kier molecular flexibility index (Phi) is 6.99. The zero-order chi connectivity index (χ0) is 35.0. The Bertz CT molecular complexity index is 2210. The van der Waals surface area contributed by atoms with E-state index in [1.807, 2.05) is 7.11 Å². The number of carbonyl (C=O) groups is 1. The first-order chi connectivity index (χ1) is 24.7. The molecule has 0 saturated carbocycles. The van der Waals surface area contributed by atoms with E-state index < -0.39 is 0 Å². The number of piperidine rings is 2. The lowest BCUT2D eigenvalue weighted by Gasteiger charge is -2.53. The summed E-state index contributed by atoms with van der Waals surface area (Å²) in [4.78, 5) is 18.0. The van der Waals surface area contributed by atoms with Gasteiger partial charge in [-0.25, -0.2) is 0 Å². The molecule has 266 valence electrons. The summed E-state index contributed by atoms with van der Waals surface area (Å²) in [7, 11) is 11.0. The van der Waals surface area contributed by atoms with Gasteiger partial charge in [0, 0.05) is 83.2 Å². The monoisotopic (exact) mass is 686 g/mol. The van der Waals surface area contributed by atoms with E-state index in [4.69, 9.17) is 14.2 Å². The molecule has 51 heavy (non-hydrogen) atoms. The van der Waals surface area contributed by atoms with Crippen LogP contribution in [0.2, 0.25) is 0 Å². The molecular weight excluding hydrogens is 636 g/mol. The number of allylic oxidation sites excluding steroid dienone is 3. The third-order valence-electron chi connectivity index (χ3n) is 14.6. The first-order valence-corrected chi connectivity index (χ1v) is 19.0. The minimum Gasteiger partial charge on any atom is -0.500 e. The number of likely N-dealkylation sites (N-methyl/N-ethyl adjacent to an activating group) is 2. The van der Waals surface area contributed by atoms with E-state index in [0.29, 0.717) is 42.5 Å². The zero-order valence-corrected chi connectivity index (χ0v) is 31.0. The highest BCUT2D eigenvalue weighted by Gasteiger charge is 2.52. The number of carbonyl (C=O) groups excluding carboxylic acids is 1. The first kappa shape index (κ1) is 31.7. The Morgan fingerprint density at radius 3 is 2.24 bits per heavy atom. The van der Waals surface area contributed by atoms with Crippen molar-refractivity contribution in [2.75, 3.05) is 34.4 Å². The Labute approximate surface area is 300 Å². The number of nitrogens with zero attached hydrogens (tertiary/aromatic N) is 4. The highest BCUT2D eigenvalue weighted by molar-refractivity contribution is 5.94. The molecule has 0 radical (unpaired) electrons. The molecule has 6 aliphatic rings. The van der Waals surface area contributed by atoms with E-state index in [1.165, 1.54) is 49.9 Å². The lowest BCUT2D eigenvalue weighted by atomic mass is 9.66. The second kappa shape index (κ2) is 11.2. The van der Waals surface area contributed by atoms with Crippen molar-refractivity contribution in [3.05, 3.63) is 87.6 Å². The molecule has 6 aliphatic heterocycles. The number of Topliss-reactive ketones (excluding diaryl/α,β-unsaturated/α-hetero) is 1. The molecule has 4 aromatic rings. The summed E-state index contributed by atoms with van der Waals surface area (Å²) in [6.07, 6.45) is 6.62.